The van der Waals surface area contributed by atoms with Crippen LogP contribution in [0.2, 0.25) is 0 Å². The van der Waals surface area contributed by atoms with Gasteiger partial charge in [0.1, 0.15) is 0 Å². The Balaban J connectivity index is 1.27. The van der Waals surface area contributed by atoms with Crippen molar-refractivity contribution in [3.05, 3.63) is 70.1 Å². The summed E-state index contributed by atoms with van der Waals surface area (Å²) in [5.74, 6) is 0.975. The van der Waals surface area contributed by atoms with E-state index in [0.717, 1.165) is 45.4 Å². The Morgan fingerprint density at radius 1 is 0.862 bits per heavy atom. The van der Waals surface area contributed by atoms with Crippen LogP contribution in [0.3, 0.4) is 0 Å². The second-order valence-electron chi connectivity index (χ2n) is 8.53. The van der Waals surface area contributed by atoms with Crippen molar-refractivity contribution in [1.82, 2.24) is 14.8 Å². The first-order valence-electron chi connectivity index (χ1n) is 10.9. The lowest BCUT2D eigenvalue weighted by Gasteiger charge is -2.37. The molecule has 1 N–H and O–H groups in total. The number of likely N-dealkylation sites (tertiary alicyclic amines) is 2. The number of piperidine rings is 1. The number of hydrogen-bond acceptors (Lipinski definition) is 3. The largest absolute Gasteiger partial charge is 0.338 e. The maximum Gasteiger partial charge on any atom is 0.247 e. The first kappa shape index (κ1) is 19.9. The fourth-order valence-corrected chi connectivity index (χ4v) is 4.78. The lowest BCUT2D eigenvalue weighted by Crippen LogP contribution is -2.42. The van der Waals surface area contributed by atoms with E-state index in [9.17, 15) is 9.59 Å². The van der Waals surface area contributed by atoms with Crippen molar-refractivity contribution in [3.63, 3.8) is 0 Å². The molecule has 4 rings (SSSR count). The van der Waals surface area contributed by atoms with E-state index in [1.165, 1.54) is 24.0 Å². The molecule has 3 heterocycles. The molecule has 2 aliphatic rings. The van der Waals surface area contributed by atoms with E-state index in [-0.39, 0.29) is 5.56 Å². The number of benzene rings is 1. The highest BCUT2D eigenvalue weighted by Gasteiger charge is 2.29. The minimum Gasteiger partial charge on any atom is -0.338 e. The standard InChI is InChI=1S/C24H31N3O2/c28-23-8-6-21(17-25-23)16-19-10-13-26(14-11-19)22-7-9-24(29)27(15-12-22)18-20-4-2-1-3-5-20/h1-6,8,17,19,22H,7,9-16,18H2,(H,25,28). The molecular formula is C24H31N3O2. The molecule has 29 heavy (non-hydrogen) atoms. The van der Waals surface area contributed by atoms with Gasteiger partial charge in [-0.25, -0.2) is 0 Å². The molecule has 1 amide bonds. The highest BCUT2D eigenvalue weighted by atomic mass is 16.2. The molecule has 0 spiro atoms. The van der Waals surface area contributed by atoms with Crippen LogP contribution < -0.4 is 5.56 Å². The Labute approximate surface area is 172 Å². The Hall–Kier alpha value is -2.40. The molecule has 1 unspecified atom stereocenters. The summed E-state index contributed by atoms with van der Waals surface area (Å²) in [6.45, 7) is 3.82. The number of amides is 1. The molecule has 0 bridgehead atoms. The highest BCUT2D eigenvalue weighted by Crippen LogP contribution is 2.26. The van der Waals surface area contributed by atoms with Crippen LogP contribution in [0, 0.1) is 5.92 Å². The lowest BCUT2D eigenvalue weighted by molar-refractivity contribution is -0.131. The SMILES string of the molecule is O=C1CCC(N2CCC(Cc3ccc(=O)[nH]c3)CC2)CCN1Cc1ccccc1. The van der Waals surface area contributed by atoms with Gasteiger partial charge in [-0.3, -0.25) is 9.59 Å². The van der Waals surface area contributed by atoms with E-state index < -0.39 is 0 Å². The summed E-state index contributed by atoms with van der Waals surface area (Å²) in [5.41, 5.74) is 2.40. The van der Waals surface area contributed by atoms with Crippen LogP contribution in [0.4, 0.5) is 0 Å². The van der Waals surface area contributed by atoms with E-state index in [0.29, 0.717) is 24.3 Å². The molecule has 5 nitrogen and oxygen atoms in total. The average molecular weight is 394 g/mol. The highest BCUT2D eigenvalue weighted by molar-refractivity contribution is 5.76. The zero-order valence-electron chi connectivity index (χ0n) is 17.1. The van der Waals surface area contributed by atoms with E-state index in [1.54, 1.807) is 6.07 Å². The van der Waals surface area contributed by atoms with Gasteiger partial charge in [-0.2, -0.15) is 0 Å². The van der Waals surface area contributed by atoms with Gasteiger partial charge < -0.3 is 14.8 Å². The molecule has 1 aromatic heterocycles. The van der Waals surface area contributed by atoms with Gasteiger partial charge in [0.25, 0.3) is 0 Å². The monoisotopic (exact) mass is 393 g/mol. The van der Waals surface area contributed by atoms with Crippen molar-refractivity contribution in [2.24, 2.45) is 5.92 Å². The summed E-state index contributed by atoms with van der Waals surface area (Å²) in [6, 6.07) is 14.4. The van der Waals surface area contributed by atoms with Crippen LogP contribution in [0.1, 0.15) is 43.2 Å². The number of nitrogens with one attached hydrogen (secondary N) is 1. The van der Waals surface area contributed by atoms with Crippen LogP contribution >= 0.6 is 0 Å². The third-order valence-electron chi connectivity index (χ3n) is 6.53. The molecule has 0 saturated carbocycles. The van der Waals surface area contributed by atoms with Crippen LogP contribution in [0.25, 0.3) is 0 Å². The van der Waals surface area contributed by atoms with Crippen molar-refractivity contribution in [2.75, 3.05) is 19.6 Å². The summed E-state index contributed by atoms with van der Waals surface area (Å²) < 4.78 is 0. The van der Waals surface area contributed by atoms with Gasteiger partial charge >= 0.3 is 0 Å². The molecule has 5 heteroatoms. The number of aromatic nitrogens is 1. The van der Waals surface area contributed by atoms with Gasteiger partial charge in [-0.1, -0.05) is 36.4 Å². The number of carbonyl (C=O) groups excluding carboxylic acids is 1. The molecule has 2 aromatic rings. The molecule has 1 aromatic carbocycles. The zero-order chi connectivity index (χ0) is 20.1. The van der Waals surface area contributed by atoms with Crippen molar-refractivity contribution in [1.29, 1.82) is 0 Å². The van der Waals surface area contributed by atoms with E-state index in [1.807, 2.05) is 35.4 Å². The van der Waals surface area contributed by atoms with E-state index >= 15 is 0 Å². The fraction of sp³-hybridized carbons (Fsp3) is 0.500. The average Bonchev–Trinajstić information content (AvgIpc) is 2.93. The topological polar surface area (TPSA) is 56.4 Å². The van der Waals surface area contributed by atoms with Gasteiger partial charge in [0.05, 0.1) is 0 Å². The van der Waals surface area contributed by atoms with Crippen molar-refractivity contribution in [3.8, 4) is 0 Å². The molecule has 0 radical (unpaired) electrons. The number of hydrogen-bond donors (Lipinski definition) is 1. The normalized spacial score (nSPS) is 21.9. The van der Waals surface area contributed by atoms with Gasteiger partial charge in [-0.15, -0.1) is 0 Å². The minimum absolute atomic E-state index is 0.0345. The molecule has 0 aliphatic carbocycles. The maximum atomic E-state index is 12.6. The number of rotatable bonds is 5. The van der Waals surface area contributed by atoms with Crippen molar-refractivity contribution in [2.45, 2.75) is 51.1 Å². The minimum atomic E-state index is -0.0345. The Morgan fingerprint density at radius 3 is 2.38 bits per heavy atom. The van der Waals surface area contributed by atoms with Gasteiger partial charge in [0.15, 0.2) is 0 Å². The van der Waals surface area contributed by atoms with Crippen molar-refractivity contribution < 1.29 is 4.79 Å². The second-order valence-corrected chi connectivity index (χ2v) is 8.53. The number of carbonyl (C=O) groups is 1. The molecular weight excluding hydrogens is 362 g/mol. The molecule has 154 valence electrons. The van der Waals surface area contributed by atoms with Crippen LogP contribution in [-0.2, 0) is 17.8 Å². The Bertz CT molecular complexity index is 835. The number of aromatic amines is 1. The van der Waals surface area contributed by atoms with Crippen LogP contribution in [-0.4, -0.2) is 46.4 Å². The van der Waals surface area contributed by atoms with Gasteiger partial charge in [0.2, 0.25) is 11.5 Å². The quantitative estimate of drug-likeness (QED) is 0.849. The number of pyridine rings is 1. The summed E-state index contributed by atoms with van der Waals surface area (Å²) >= 11 is 0. The number of nitrogens with zero attached hydrogens (tertiary/aromatic N) is 2. The molecule has 1 atom stereocenters. The van der Waals surface area contributed by atoms with Crippen molar-refractivity contribution >= 4 is 5.91 Å². The molecule has 2 aliphatic heterocycles. The van der Waals surface area contributed by atoms with Gasteiger partial charge in [0, 0.05) is 37.8 Å². The third-order valence-corrected chi connectivity index (χ3v) is 6.53. The summed E-state index contributed by atoms with van der Waals surface area (Å²) in [5, 5.41) is 0. The fourth-order valence-electron chi connectivity index (χ4n) is 4.78. The van der Waals surface area contributed by atoms with Crippen LogP contribution in [0.15, 0.2) is 53.5 Å². The van der Waals surface area contributed by atoms with Crippen LogP contribution in [0.5, 0.6) is 0 Å². The van der Waals surface area contributed by atoms with Gasteiger partial charge in [-0.05, 0) is 62.2 Å². The summed E-state index contributed by atoms with van der Waals surface area (Å²) in [6.07, 6.45) is 7.99. The first-order valence-corrected chi connectivity index (χ1v) is 10.9. The Kier molecular flexibility index (Phi) is 6.45. The first-order chi connectivity index (χ1) is 14.2. The predicted octanol–water partition coefficient (Wildman–Crippen LogP) is 3.21. The Morgan fingerprint density at radius 2 is 1.66 bits per heavy atom. The summed E-state index contributed by atoms with van der Waals surface area (Å²) in [7, 11) is 0. The van der Waals surface area contributed by atoms with E-state index in [4.69, 9.17) is 0 Å². The second kappa shape index (κ2) is 9.40. The summed E-state index contributed by atoms with van der Waals surface area (Å²) in [4.78, 5) is 31.3. The molecule has 2 saturated heterocycles. The molecule has 2 fully saturated rings. The lowest BCUT2D eigenvalue weighted by atomic mass is 9.89. The number of H-pyrrole nitrogens is 1. The smallest absolute Gasteiger partial charge is 0.247 e. The predicted molar refractivity (Wildman–Crippen MR) is 115 cm³/mol. The zero-order valence-corrected chi connectivity index (χ0v) is 17.1. The van der Waals surface area contributed by atoms with E-state index in [2.05, 4.69) is 22.0 Å². The maximum absolute atomic E-state index is 12.6. The third kappa shape index (κ3) is 5.36.